The second-order valence-corrected chi connectivity index (χ2v) is 5.41. The maximum atomic E-state index is 11.6. The van der Waals surface area contributed by atoms with Crippen molar-refractivity contribution in [2.75, 3.05) is 0 Å². The molecule has 2 heterocycles. The predicted molar refractivity (Wildman–Crippen MR) is 79.5 cm³/mol. The number of hydrogen-bond donors (Lipinski definition) is 1. The summed E-state index contributed by atoms with van der Waals surface area (Å²) in [6, 6.07) is 0. The fraction of sp³-hybridized carbons (Fsp3) is 0.235. The summed E-state index contributed by atoms with van der Waals surface area (Å²) in [5.41, 5.74) is 0.473. The van der Waals surface area contributed by atoms with E-state index in [-0.39, 0.29) is 11.1 Å². The van der Waals surface area contributed by atoms with Gasteiger partial charge in [0.15, 0.2) is 0 Å². The van der Waals surface area contributed by atoms with Gasteiger partial charge in [-0.3, -0.25) is 0 Å². The molecular weight excluding hydrogens is 316 g/mol. The van der Waals surface area contributed by atoms with Gasteiger partial charge in [0.05, 0.1) is 22.6 Å². The molecule has 0 spiro atoms. The van der Waals surface area contributed by atoms with Crippen LogP contribution in [0.1, 0.15) is 13.3 Å². The summed E-state index contributed by atoms with van der Waals surface area (Å²) in [6.07, 6.45) is 5.06. The van der Waals surface area contributed by atoms with Crippen molar-refractivity contribution in [1.82, 2.24) is 0 Å². The number of ether oxygens (including phenoxy) is 3. The highest BCUT2D eigenvalue weighted by atomic mass is 16.6. The van der Waals surface area contributed by atoms with E-state index in [0.717, 1.165) is 0 Å². The van der Waals surface area contributed by atoms with Crippen LogP contribution >= 0.6 is 0 Å². The van der Waals surface area contributed by atoms with E-state index in [1.807, 2.05) is 0 Å². The SMILES string of the molecule is C=CC1=C(/C=C(\C)OC2=CCC3C(=C2)C(=O)OC3O)C(=O)OC1=O. The van der Waals surface area contributed by atoms with Crippen molar-refractivity contribution in [2.24, 2.45) is 5.92 Å². The molecule has 7 nitrogen and oxygen atoms in total. The highest BCUT2D eigenvalue weighted by molar-refractivity contribution is 6.15. The van der Waals surface area contributed by atoms with Crippen LogP contribution in [0.2, 0.25) is 0 Å². The third-order valence-electron chi connectivity index (χ3n) is 3.82. The summed E-state index contributed by atoms with van der Waals surface area (Å²) < 4.78 is 14.9. The Morgan fingerprint density at radius 3 is 2.71 bits per heavy atom. The summed E-state index contributed by atoms with van der Waals surface area (Å²) in [5.74, 6) is -1.78. The van der Waals surface area contributed by atoms with Crippen LogP contribution in [-0.4, -0.2) is 29.3 Å². The van der Waals surface area contributed by atoms with E-state index in [9.17, 15) is 19.5 Å². The van der Waals surface area contributed by atoms with E-state index in [4.69, 9.17) is 9.47 Å². The summed E-state index contributed by atoms with van der Waals surface area (Å²) in [7, 11) is 0. The largest absolute Gasteiger partial charge is 0.462 e. The number of allylic oxidation sites excluding steroid dienone is 3. The standard InChI is InChI=1S/C17H14O7/c1-3-10-12(16(20)23-14(10)18)6-8(2)22-9-4-5-11-13(7-9)17(21)24-15(11)19/h3-4,6-7,11,15,19H,1,5H2,2H3/b8-6+. The average Bonchev–Trinajstić information content (AvgIpc) is 2.95. The van der Waals surface area contributed by atoms with Gasteiger partial charge in [0.25, 0.3) is 0 Å². The number of cyclic esters (lactones) is 3. The lowest BCUT2D eigenvalue weighted by atomic mass is 9.92. The zero-order valence-electron chi connectivity index (χ0n) is 12.8. The van der Waals surface area contributed by atoms with Gasteiger partial charge < -0.3 is 19.3 Å². The van der Waals surface area contributed by atoms with Gasteiger partial charge in [-0.15, -0.1) is 0 Å². The van der Waals surface area contributed by atoms with Crippen molar-refractivity contribution in [2.45, 2.75) is 19.6 Å². The van der Waals surface area contributed by atoms with E-state index in [0.29, 0.717) is 23.5 Å². The zero-order chi connectivity index (χ0) is 17.4. The van der Waals surface area contributed by atoms with E-state index >= 15 is 0 Å². The molecule has 0 radical (unpaired) electrons. The third-order valence-corrected chi connectivity index (χ3v) is 3.82. The minimum atomic E-state index is -1.14. The maximum absolute atomic E-state index is 11.6. The minimum Gasteiger partial charge on any atom is -0.462 e. The second-order valence-electron chi connectivity index (χ2n) is 5.41. The monoisotopic (exact) mass is 330 g/mol. The molecule has 0 aromatic carbocycles. The Balaban J connectivity index is 1.80. The minimum absolute atomic E-state index is 0.0603. The summed E-state index contributed by atoms with van der Waals surface area (Å²) in [5, 5.41) is 9.60. The second kappa shape index (κ2) is 5.93. The van der Waals surface area contributed by atoms with Gasteiger partial charge in [-0.05, 0) is 31.6 Å². The molecular formula is C17H14O7. The zero-order valence-corrected chi connectivity index (χ0v) is 12.8. The van der Waals surface area contributed by atoms with Gasteiger partial charge in [-0.1, -0.05) is 12.7 Å². The Hall–Kier alpha value is -2.93. The first-order valence-corrected chi connectivity index (χ1v) is 7.21. The van der Waals surface area contributed by atoms with Gasteiger partial charge in [0.1, 0.15) is 11.5 Å². The number of carbonyl (C=O) groups is 3. The van der Waals surface area contributed by atoms with Crippen molar-refractivity contribution in [3.05, 3.63) is 59.1 Å². The van der Waals surface area contributed by atoms with E-state index in [1.165, 1.54) is 18.2 Å². The summed E-state index contributed by atoms with van der Waals surface area (Å²) in [4.78, 5) is 34.7. The van der Waals surface area contributed by atoms with Crippen LogP contribution < -0.4 is 0 Å². The Bertz CT molecular complexity index is 779. The predicted octanol–water partition coefficient (Wildman–Crippen LogP) is 1.18. The first kappa shape index (κ1) is 15.9. The number of aliphatic hydroxyl groups is 1. The molecule has 0 amide bonds. The normalized spacial score (nSPS) is 26.6. The van der Waals surface area contributed by atoms with Crippen LogP contribution in [0.4, 0.5) is 0 Å². The molecule has 1 aliphatic carbocycles. The van der Waals surface area contributed by atoms with Crippen molar-refractivity contribution >= 4 is 17.9 Å². The number of carbonyl (C=O) groups excluding carboxylic acids is 3. The lowest BCUT2D eigenvalue weighted by molar-refractivity contribution is -0.155. The van der Waals surface area contributed by atoms with Crippen molar-refractivity contribution in [1.29, 1.82) is 0 Å². The van der Waals surface area contributed by atoms with Crippen LogP contribution in [0, 0.1) is 5.92 Å². The van der Waals surface area contributed by atoms with E-state index < -0.39 is 30.1 Å². The Morgan fingerprint density at radius 2 is 2.00 bits per heavy atom. The molecule has 2 aliphatic heterocycles. The molecule has 1 saturated heterocycles. The quantitative estimate of drug-likeness (QED) is 0.469. The van der Waals surface area contributed by atoms with Crippen LogP contribution in [0.15, 0.2) is 59.1 Å². The number of esters is 3. The lowest BCUT2D eigenvalue weighted by Crippen LogP contribution is -2.16. The molecule has 2 unspecified atom stereocenters. The van der Waals surface area contributed by atoms with Crippen LogP contribution in [0.5, 0.6) is 0 Å². The molecule has 3 rings (SSSR count). The van der Waals surface area contributed by atoms with E-state index in [2.05, 4.69) is 11.3 Å². The van der Waals surface area contributed by atoms with Crippen LogP contribution in [0.25, 0.3) is 0 Å². The number of fused-ring (bicyclic) bond motifs is 1. The fourth-order valence-electron chi connectivity index (χ4n) is 2.66. The van der Waals surface area contributed by atoms with Gasteiger partial charge in [-0.25, -0.2) is 14.4 Å². The molecule has 0 saturated carbocycles. The van der Waals surface area contributed by atoms with Crippen LogP contribution in [0.3, 0.4) is 0 Å². The topological polar surface area (TPSA) is 99.1 Å². The molecule has 24 heavy (non-hydrogen) atoms. The van der Waals surface area contributed by atoms with Gasteiger partial charge in [0, 0.05) is 0 Å². The van der Waals surface area contributed by atoms with Crippen molar-refractivity contribution in [3.63, 3.8) is 0 Å². The Morgan fingerprint density at radius 1 is 1.29 bits per heavy atom. The Labute approximate surface area is 137 Å². The molecule has 0 aromatic rings. The lowest BCUT2D eigenvalue weighted by Gasteiger charge is -2.16. The molecule has 0 aromatic heterocycles. The van der Waals surface area contributed by atoms with E-state index in [1.54, 1.807) is 13.0 Å². The summed E-state index contributed by atoms with van der Waals surface area (Å²) >= 11 is 0. The average molecular weight is 330 g/mol. The van der Waals surface area contributed by atoms with Gasteiger partial charge in [0.2, 0.25) is 6.29 Å². The molecule has 0 bridgehead atoms. The van der Waals surface area contributed by atoms with Gasteiger partial charge in [-0.2, -0.15) is 0 Å². The van der Waals surface area contributed by atoms with Crippen molar-refractivity contribution in [3.8, 4) is 0 Å². The highest BCUT2D eigenvalue weighted by Gasteiger charge is 2.40. The third kappa shape index (κ3) is 2.69. The van der Waals surface area contributed by atoms with Crippen molar-refractivity contribution < 1.29 is 33.7 Å². The molecule has 7 heteroatoms. The highest BCUT2D eigenvalue weighted by Crippen LogP contribution is 2.35. The summed E-state index contributed by atoms with van der Waals surface area (Å²) in [6.45, 7) is 5.07. The molecule has 124 valence electrons. The molecule has 1 fully saturated rings. The number of hydrogen-bond acceptors (Lipinski definition) is 7. The first-order chi connectivity index (χ1) is 11.4. The molecule has 3 aliphatic rings. The molecule has 2 atom stereocenters. The maximum Gasteiger partial charge on any atom is 0.347 e. The van der Waals surface area contributed by atoms with Gasteiger partial charge >= 0.3 is 17.9 Å². The first-order valence-electron chi connectivity index (χ1n) is 7.21. The number of rotatable bonds is 4. The number of aliphatic hydroxyl groups excluding tert-OH is 1. The fourth-order valence-corrected chi connectivity index (χ4v) is 2.66. The Kier molecular flexibility index (Phi) is 3.94. The van der Waals surface area contributed by atoms with Crippen LogP contribution in [-0.2, 0) is 28.6 Å². The smallest absolute Gasteiger partial charge is 0.347 e. The molecule has 1 N–H and O–H groups in total.